The van der Waals surface area contributed by atoms with Crippen molar-refractivity contribution in [3.8, 4) is 11.5 Å². The molecule has 1 aliphatic rings. The largest absolute Gasteiger partial charge is 0.479 e. The third-order valence-electron chi connectivity index (χ3n) is 4.11. The van der Waals surface area contributed by atoms with Crippen LogP contribution >= 0.6 is 23.2 Å². The molecule has 0 fully saturated rings. The Morgan fingerprint density at radius 3 is 2.59 bits per heavy atom. The van der Waals surface area contributed by atoms with Crippen LogP contribution in [0.3, 0.4) is 0 Å². The van der Waals surface area contributed by atoms with Crippen LogP contribution in [0.5, 0.6) is 11.5 Å². The molecule has 2 aromatic rings. The van der Waals surface area contributed by atoms with Crippen molar-refractivity contribution in [2.24, 2.45) is 0 Å². The maximum absolute atomic E-state index is 12.6. The molecule has 0 saturated carbocycles. The molecular formula is C20H16Cl2O5. The molecular weight excluding hydrogens is 391 g/mol. The highest BCUT2D eigenvalue weighted by Crippen LogP contribution is 2.39. The number of ether oxygens (including phenoxy) is 3. The molecule has 1 heterocycles. The van der Waals surface area contributed by atoms with E-state index in [0.29, 0.717) is 38.2 Å². The highest BCUT2D eigenvalue weighted by atomic mass is 35.5. The average Bonchev–Trinajstić information content (AvgIpc) is 2.96. The Kier molecular flexibility index (Phi) is 5.44. The van der Waals surface area contributed by atoms with E-state index < -0.39 is 12.1 Å². The third-order valence-corrected chi connectivity index (χ3v) is 4.85. The van der Waals surface area contributed by atoms with Crippen molar-refractivity contribution < 1.29 is 23.8 Å². The van der Waals surface area contributed by atoms with Crippen LogP contribution in [0.15, 0.2) is 36.1 Å². The molecule has 1 atom stereocenters. The van der Waals surface area contributed by atoms with E-state index in [1.54, 1.807) is 50.3 Å². The van der Waals surface area contributed by atoms with Gasteiger partial charge in [-0.05, 0) is 49.8 Å². The van der Waals surface area contributed by atoms with Crippen molar-refractivity contribution in [3.05, 3.63) is 62.8 Å². The van der Waals surface area contributed by atoms with Gasteiger partial charge < -0.3 is 14.2 Å². The Labute approximate surface area is 166 Å². The van der Waals surface area contributed by atoms with Crippen molar-refractivity contribution in [2.45, 2.75) is 20.0 Å². The van der Waals surface area contributed by atoms with Crippen molar-refractivity contribution >= 4 is 41.0 Å². The molecule has 140 valence electrons. The summed E-state index contributed by atoms with van der Waals surface area (Å²) in [6, 6.07) is 8.28. The molecule has 0 saturated heterocycles. The lowest BCUT2D eigenvalue weighted by atomic mass is 10.1. The van der Waals surface area contributed by atoms with Gasteiger partial charge in [0.1, 0.15) is 11.5 Å². The zero-order valence-electron chi connectivity index (χ0n) is 14.8. The van der Waals surface area contributed by atoms with E-state index in [1.807, 2.05) is 0 Å². The quantitative estimate of drug-likeness (QED) is 0.535. The zero-order chi connectivity index (χ0) is 19.7. The first-order valence-electron chi connectivity index (χ1n) is 8.09. The van der Waals surface area contributed by atoms with Gasteiger partial charge in [0.05, 0.1) is 22.7 Å². The number of allylic oxidation sites excluding steroid dienone is 1. The van der Waals surface area contributed by atoms with Crippen molar-refractivity contribution in [1.29, 1.82) is 0 Å². The number of Topliss-reactive ketones (excluding diaryl/α,β-unsaturated/α-hetero) is 1. The van der Waals surface area contributed by atoms with E-state index >= 15 is 0 Å². The van der Waals surface area contributed by atoms with Crippen LogP contribution in [0.2, 0.25) is 10.0 Å². The van der Waals surface area contributed by atoms with E-state index in [4.69, 9.17) is 32.7 Å². The van der Waals surface area contributed by atoms with Crippen LogP contribution in [-0.4, -0.2) is 25.0 Å². The summed E-state index contributed by atoms with van der Waals surface area (Å²) < 4.78 is 16.1. The van der Waals surface area contributed by atoms with E-state index in [2.05, 4.69) is 4.74 Å². The second-order valence-electron chi connectivity index (χ2n) is 5.96. The first-order valence-corrected chi connectivity index (χ1v) is 8.84. The van der Waals surface area contributed by atoms with Gasteiger partial charge in [0.15, 0.2) is 11.9 Å². The lowest BCUT2D eigenvalue weighted by Gasteiger charge is -2.15. The van der Waals surface area contributed by atoms with Gasteiger partial charge in [0, 0.05) is 5.56 Å². The number of rotatable bonds is 4. The number of halogens is 2. The van der Waals surface area contributed by atoms with Crippen molar-refractivity contribution in [3.63, 3.8) is 0 Å². The van der Waals surface area contributed by atoms with E-state index in [-0.39, 0.29) is 11.5 Å². The number of hydrogen-bond acceptors (Lipinski definition) is 5. The number of methoxy groups -OCH3 is 1. The smallest absolute Gasteiger partial charge is 0.346 e. The van der Waals surface area contributed by atoms with Crippen molar-refractivity contribution in [2.75, 3.05) is 7.11 Å². The highest BCUT2D eigenvalue weighted by molar-refractivity contribution is 6.42. The van der Waals surface area contributed by atoms with Gasteiger partial charge in [-0.1, -0.05) is 29.3 Å². The van der Waals surface area contributed by atoms with Gasteiger partial charge >= 0.3 is 5.97 Å². The van der Waals surface area contributed by atoms with Crippen LogP contribution in [0.25, 0.3) is 6.08 Å². The van der Waals surface area contributed by atoms with Crippen LogP contribution in [0.4, 0.5) is 0 Å². The normalized spacial score (nSPS) is 15.3. The van der Waals surface area contributed by atoms with E-state index in [1.165, 1.54) is 7.11 Å². The summed E-state index contributed by atoms with van der Waals surface area (Å²) in [6.45, 7) is 3.34. The molecule has 0 aromatic heterocycles. The molecule has 27 heavy (non-hydrogen) atoms. The highest BCUT2D eigenvalue weighted by Gasteiger charge is 2.30. The number of carbonyl (C=O) groups excluding carboxylic acids is 2. The molecule has 3 rings (SSSR count). The number of fused-ring (bicyclic) bond motifs is 1. The fourth-order valence-electron chi connectivity index (χ4n) is 2.65. The van der Waals surface area contributed by atoms with Gasteiger partial charge in [-0.15, -0.1) is 0 Å². The summed E-state index contributed by atoms with van der Waals surface area (Å²) >= 11 is 11.9. The molecule has 0 spiro atoms. The Morgan fingerprint density at radius 1 is 1.19 bits per heavy atom. The number of esters is 1. The molecule has 0 bridgehead atoms. The molecule has 1 aliphatic heterocycles. The molecule has 1 unspecified atom stereocenters. The van der Waals surface area contributed by atoms with Gasteiger partial charge in [-0.2, -0.15) is 0 Å². The SMILES string of the molecule is COC(=O)C(C)Oc1ccc2c(c1C)O/C(=C\c1ccc(Cl)c(Cl)c1)C2=O. The predicted molar refractivity (Wildman–Crippen MR) is 103 cm³/mol. The molecule has 0 aliphatic carbocycles. The molecule has 2 aromatic carbocycles. The second kappa shape index (κ2) is 7.62. The molecule has 7 heteroatoms. The average molecular weight is 407 g/mol. The number of carbonyl (C=O) groups is 2. The van der Waals surface area contributed by atoms with Crippen LogP contribution in [0, 0.1) is 6.92 Å². The van der Waals surface area contributed by atoms with Crippen LogP contribution < -0.4 is 9.47 Å². The van der Waals surface area contributed by atoms with Crippen molar-refractivity contribution in [1.82, 2.24) is 0 Å². The van der Waals surface area contributed by atoms with Crippen LogP contribution in [0.1, 0.15) is 28.4 Å². The minimum atomic E-state index is -0.782. The summed E-state index contributed by atoms with van der Waals surface area (Å²) in [6.07, 6.45) is 0.816. The lowest BCUT2D eigenvalue weighted by Crippen LogP contribution is -2.25. The topological polar surface area (TPSA) is 61.8 Å². The monoisotopic (exact) mass is 406 g/mol. The first-order chi connectivity index (χ1) is 12.8. The molecule has 5 nitrogen and oxygen atoms in total. The van der Waals surface area contributed by atoms with Gasteiger partial charge in [0.2, 0.25) is 5.78 Å². The summed E-state index contributed by atoms with van der Waals surface area (Å²) in [7, 11) is 1.29. The Morgan fingerprint density at radius 2 is 1.93 bits per heavy atom. The lowest BCUT2D eigenvalue weighted by molar-refractivity contribution is -0.147. The summed E-state index contributed by atoms with van der Waals surface area (Å²) in [5, 5.41) is 0.816. The standard InChI is InChI=1S/C20H16Cl2O5/c1-10-16(26-11(2)20(24)25-3)7-5-13-18(23)17(27-19(10)13)9-12-4-6-14(21)15(22)8-12/h4-9,11H,1-3H3/b17-9-. The van der Waals surface area contributed by atoms with Gasteiger partial charge in [-0.3, -0.25) is 4.79 Å². The van der Waals surface area contributed by atoms with Gasteiger partial charge in [0.25, 0.3) is 0 Å². The van der Waals surface area contributed by atoms with E-state index in [9.17, 15) is 9.59 Å². The molecule has 0 N–H and O–H groups in total. The maximum atomic E-state index is 12.6. The Hall–Kier alpha value is -2.50. The Bertz CT molecular complexity index is 965. The number of ketones is 1. The molecule has 0 radical (unpaired) electrons. The minimum Gasteiger partial charge on any atom is -0.479 e. The summed E-state index contributed by atoms with van der Waals surface area (Å²) in [4.78, 5) is 24.2. The first kappa shape index (κ1) is 19.3. The van der Waals surface area contributed by atoms with Crippen LogP contribution in [-0.2, 0) is 9.53 Å². The Balaban J connectivity index is 1.90. The second-order valence-corrected chi connectivity index (χ2v) is 6.78. The fraction of sp³-hybridized carbons (Fsp3) is 0.200. The molecule has 0 amide bonds. The summed E-state index contributed by atoms with van der Waals surface area (Å²) in [5.41, 5.74) is 1.74. The number of benzene rings is 2. The minimum absolute atomic E-state index is 0.171. The third kappa shape index (κ3) is 3.80. The maximum Gasteiger partial charge on any atom is 0.346 e. The van der Waals surface area contributed by atoms with Gasteiger partial charge in [-0.25, -0.2) is 4.79 Å². The summed E-state index contributed by atoms with van der Waals surface area (Å²) in [5.74, 6) is 0.277. The zero-order valence-corrected chi connectivity index (χ0v) is 16.4. The number of hydrogen-bond donors (Lipinski definition) is 0. The van der Waals surface area contributed by atoms with E-state index in [0.717, 1.165) is 0 Å². The predicted octanol–water partition coefficient (Wildman–Crippen LogP) is 4.86. The fourth-order valence-corrected chi connectivity index (χ4v) is 2.96.